The van der Waals surface area contributed by atoms with Crippen LogP contribution in [0.4, 0.5) is 13.2 Å². The van der Waals surface area contributed by atoms with Gasteiger partial charge < -0.3 is 4.57 Å². The van der Waals surface area contributed by atoms with Gasteiger partial charge in [0.2, 0.25) is 0 Å². The van der Waals surface area contributed by atoms with Gasteiger partial charge in [0.25, 0.3) is 0 Å². The molecule has 1 aromatic rings. The van der Waals surface area contributed by atoms with E-state index in [1.807, 2.05) is 10.8 Å². The maximum atomic E-state index is 12.2. The Balaban J connectivity index is 1.85. The first-order valence-electron chi connectivity index (χ1n) is 5.69. The molecule has 0 N–H and O–H groups in total. The van der Waals surface area contributed by atoms with E-state index in [2.05, 4.69) is 4.98 Å². The first-order valence-corrected chi connectivity index (χ1v) is 5.69. The SMILES string of the molecule is CN(CC1CCc2nccn2C1)CC(F)(F)F. The molecule has 0 saturated heterocycles. The summed E-state index contributed by atoms with van der Waals surface area (Å²) in [5.41, 5.74) is 0. The van der Waals surface area contributed by atoms with Gasteiger partial charge in [-0.25, -0.2) is 4.98 Å². The lowest BCUT2D eigenvalue weighted by Gasteiger charge is -2.28. The van der Waals surface area contributed by atoms with Gasteiger partial charge in [0.05, 0.1) is 6.54 Å². The number of nitrogens with zero attached hydrogens (tertiary/aromatic N) is 3. The van der Waals surface area contributed by atoms with Crippen molar-refractivity contribution in [3.05, 3.63) is 18.2 Å². The fraction of sp³-hybridized carbons (Fsp3) is 0.727. The number of hydrogen-bond donors (Lipinski definition) is 0. The lowest BCUT2D eigenvalue weighted by atomic mass is 9.99. The molecule has 0 aliphatic carbocycles. The van der Waals surface area contributed by atoms with Crippen LogP contribution in [-0.4, -0.2) is 40.8 Å². The summed E-state index contributed by atoms with van der Waals surface area (Å²) in [7, 11) is 1.52. The lowest BCUT2D eigenvalue weighted by molar-refractivity contribution is -0.144. The third-order valence-electron chi connectivity index (χ3n) is 3.05. The van der Waals surface area contributed by atoms with Crippen LogP contribution in [0.25, 0.3) is 0 Å². The molecule has 0 spiro atoms. The number of aromatic nitrogens is 2. The van der Waals surface area contributed by atoms with E-state index in [0.29, 0.717) is 6.54 Å². The highest BCUT2D eigenvalue weighted by Gasteiger charge is 2.30. The summed E-state index contributed by atoms with van der Waals surface area (Å²) in [5, 5.41) is 0. The summed E-state index contributed by atoms with van der Waals surface area (Å²) in [4.78, 5) is 5.55. The van der Waals surface area contributed by atoms with Gasteiger partial charge in [-0.2, -0.15) is 13.2 Å². The minimum Gasteiger partial charge on any atom is -0.335 e. The van der Waals surface area contributed by atoms with Crippen molar-refractivity contribution < 1.29 is 13.2 Å². The molecule has 0 bridgehead atoms. The Hall–Kier alpha value is -1.04. The van der Waals surface area contributed by atoms with E-state index in [0.717, 1.165) is 25.2 Å². The van der Waals surface area contributed by atoms with Gasteiger partial charge >= 0.3 is 6.18 Å². The zero-order chi connectivity index (χ0) is 12.5. The minimum absolute atomic E-state index is 0.282. The number of imidazole rings is 1. The Morgan fingerprint density at radius 1 is 1.53 bits per heavy atom. The van der Waals surface area contributed by atoms with E-state index in [4.69, 9.17) is 0 Å². The molecule has 1 aromatic heterocycles. The van der Waals surface area contributed by atoms with Gasteiger partial charge in [-0.05, 0) is 19.4 Å². The fourth-order valence-electron chi connectivity index (χ4n) is 2.40. The Morgan fingerprint density at radius 3 is 3.00 bits per heavy atom. The van der Waals surface area contributed by atoms with E-state index in [1.54, 1.807) is 6.20 Å². The fourth-order valence-corrected chi connectivity index (χ4v) is 2.40. The summed E-state index contributed by atoms with van der Waals surface area (Å²) in [6, 6.07) is 0. The molecule has 0 aromatic carbocycles. The van der Waals surface area contributed by atoms with Gasteiger partial charge in [0.15, 0.2) is 0 Å². The van der Waals surface area contributed by atoms with Crippen LogP contribution in [0.2, 0.25) is 0 Å². The predicted octanol–water partition coefficient (Wildman–Crippen LogP) is 1.94. The largest absolute Gasteiger partial charge is 0.401 e. The van der Waals surface area contributed by atoms with Crippen molar-refractivity contribution in [2.24, 2.45) is 5.92 Å². The number of alkyl halides is 3. The second-order valence-electron chi connectivity index (χ2n) is 4.71. The Labute approximate surface area is 98.2 Å². The number of hydrogen-bond acceptors (Lipinski definition) is 2. The van der Waals surface area contributed by atoms with E-state index >= 15 is 0 Å². The zero-order valence-electron chi connectivity index (χ0n) is 9.74. The quantitative estimate of drug-likeness (QED) is 0.814. The van der Waals surface area contributed by atoms with Crippen molar-refractivity contribution in [2.75, 3.05) is 20.1 Å². The van der Waals surface area contributed by atoms with E-state index in [9.17, 15) is 13.2 Å². The van der Waals surface area contributed by atoms with Crippen LogP contribution in [0, 0.1) is 5.92 Å². The second-order valence-corrected chi connectivity index (χ2v) is 4.71. The van der Waals surface area contributed by atoms with Crippen molar-refractivity contribution in [1.29, 1.82) is 0 Å². The van der Waals surface area contributed by atoms with Gasteiger partial charge in [-0.15, -0.1) is 0 Å². The molecule has 17 heavy (non-hydrogen) atoms. The second kappa shape index (κ2) is 4.68. The Morgan fingerprint density at radius 2 is 2.29 bits per heavy atom. The standard InChI is InChI=1S/C11H16F3N3/c1-16(8-11(12,13)14)6-9-2-3-10-15-4-5-17(10)7-9/h4-5,9H,2-3,6-8H2,1H3. The van der Waals surface area contributed by atoms with Crippen molar-refractivity contribution in [1.82, 2.24) is 14.5 Å². The number of halogens is 3. The maximum absolute atomic E-state index is 12.2. The molecule has 0 amide bonds. The van der Waals surface area contributed by atoms with Crippen LogP contribution in [0.3, 0.4) is 0 Å². The summed E-state index contributed by atoms with van der Waals surface area (Å²) in [6.07, 6.45) is 1.31. The summed E-state index contributed by atoms with van der Waals surface area (Å²) < 4.78 is 38.6. The highest BCUT2D eigenvalue weighted by Crippen LogP contribution is 2.21. The normalized spacial score (nSPS) is 20.6. The van der Waals surface area contributed by atoms with Crippen LogP contribution in [0.5, 0.6) is 0 Å². The number of rotatable bonds is 3. The van der Waals surface area contributed by atoms with Crippen molar-refractivity contribution in [3.8, 4) is 0 Å². The Bertz CT molecular complexity index is 372. The molecule has 1 aliphatic heterocycles. The van der Waals surface area contributed by atoms with Crippen molar-refractivity contribution >= 4 is 0 Å². The smallest absolute Gasteiger partial charge is 0.335 e. The average Bonchev–Trinajstić information content (AvgIpc) is 2.61. The van der Waals surface area contributed by atoms with Gasteiger partial charge in [-0.1, -0.05) is 0 Å². The summed E-state index contributed by atoms with van der Waals surface area (Å²) >= 11 is 0. The molecule has 1 aliphatic rings. The van der Waals surface area contributed by atoms with Gasteiger partial charge in [0.1, 0.15) is 5.82 Å². The van der Waals surface area contributed by atoms with E-state index < -0.39 is 12.7 Å². The maximum Gasteiger partial charge on any atom is 0.401 e. The van der Waals surface area contributed by atoms with Crippen LogP contribution in [0.15, 0.2) is 12.4 Å². The first-order chi connectivity index (χ1) is 7.94. The third kappa shape index (κ3) is 3.46. The molecule has 0 fully saturated rings. The minimum atomic E-state index is -4.11. The summed E-state index contributed by atoms with van der Waals surface area (Å²) in [5.74, 6) is 1.32. The van der Waals surface area contributed by atoms with Crippen LogP contribution in [-0.2, 0) is 13.0 Å². The zero-order valence-corrected chi connectivity index (χ0v) is 9.74. The van der Waals surface area contributed by atoms with Crippen LogP contribution in [0.1, 0.15) is 12.2 Å². The highest BCUT2D eigenvalue weighted by molar-refractivity contribution is 4.96. The molecule has 1 unspecified atom stereocenters. The molecule has 0 saturated carbocycles. The van der Waals surface area contributed by atoms with E-state index in [1.165, 1.54) is 11.9 Å². The molecule has 6 heteroatoms. The van der Waals surface area contributed by atoms with Crippen molar-refractivity contribution in [3.63, 3.8) is 0 Å². The number of aryl methyl sites for hydroxylation is 1. The van der Waals surface area contributed by atoms with Crippen LogP contribution < -0.4 is 0 Å². The molecule has 96 valence electrons. The molecule has 1 atom stereocenters. The average molecular weight is 247 g/mol. The molecule has 2 rings (SSSR count). The predicted molar refractivity (Wildman–Crippen MR) is 57.6 cm³/mol. The van der Waals surface area contributed by atoms with Gasteiger partial charge in [0, 0.05) is 31.9 Å². The highest BCUT2D eigenvalue weighted by atomic mass is 19.4. The molecular weight excluding hydrogens is 231 g/mol. The van der Waals surface area contributed by atoms with Crippen LogP contribution >= 0.6 is 0 Å². The van der Waals surface area contributed by atoms with E-state index in [-0.39, 0.29) is 5.92 Å². The molecule has 0 radical (unpaired) electrons. The third-order valence-corrected chi connectivity index (χ3v) is 3.05. The molecular formula is C11H16F3N3. The number of fused-ring (bicyclic) bond motifs is 1. The lowest BCUT2D eigenvalue weighted by Crippen LogP contribution is -2.37. The summed E-state index contributed by atoms with van der Waals surface area (Å²) in [6.45, 7) is 0.426. The topological polar surface area (TPSA) is 21.1 Å². The van der Waals surface area contributed by atoms with Gasteiger partial charge in [-0.3, -0.25) is 4.90 Å². The molecule has 3 nitrogen and oxygen atoms in total. The van der Waals surface area contributed by atoms with Crippen molar-refractivity contribution in [2.45, 2.75) is 25.6 Å². The Kier molecular flexibility index (Phi) is 3.42. The first kappa shape index (κ1) is 12.4. The molecule has 2 heterocycles. The monoisotopic (exact) mass is 247 g/mol.